The third-order valence-electron chi connectivity index (χ3n) is 4.36. The van der Waals surface area contributed by atoms with Crippen LogP contribution in [-0.4, -0.2) is 32.7 Å². The van der Waals surface area contributed by atoms with Crippen molar-refractivity contribution >= 4 is 17.3 Å². The number of piperidine rings is 1. The number of amides is 1. The molecule has 138 valence electrons. The number of halogens is 1. The van der Waals surface area contributed by atoms with Crippen LogP contribution in [0.5, 0.6) is 11.5 Å². The number of methoxy groups -OCH3 is 1. The minimum atomic E-state index is -0.383. The van der Waals surface area contributed by atoms with Crippen LogP contribution in [0.2, 0.25) is 0 Å². The van der Waals surface area contributed by atoms with Crippen molar-refractivity contribution in [1.29, 1.82) is 0 Å². The maximum Gasteiger partial charge on any atom is 0.262 e. The fraction of sp³-hybridized carbons (Fsp3) is 0.350. The first-order valence-electron chi connectivity index (χ1n) is 8.77. The molecule has 0 saturated carbocycles. The quantitative estimate of drug-likeness (QED) is 0.852. The molecule has 1 amide bonds. The molecule has 1 heterocycles. The number of nitrogens with one attached hydrogen (secondary N) is 1. The normalized spacial score (nSPS) is 14.0. The van der Waals surface area contributed by atoms with Crippen molar-refractivity contribution in [3.63, 3.8) is 0 Å². The number of ether oxygens (including phenoxy) is 2. The molecule has 1 fully saturated rings. The van der Waals surface area contributed by atoms with Gasteiger partial charge in [-0.2, -0.15) is 0 Å². The number of nitrogens with zero attached hydrogens (tertiary/aromatic N) is 1. The summed E-state index contributed by atoms with van der Waals surface area (Å²) in [6.07, 6.45) is 3.40. The third kappa shape index (κ3) is 4.45. The van der Waals surface area contributed by atoms with E-state index in [0.717, 1.165) is 31.6 Å². The molecule has 2 aromatic rings. The van der Waals surface area contributed by atoms with Crippen molar-refractivity contribution in [3.8, 4) is 11.5 Å². The van der Waals surface area contributed by atoms with Crippen LogP contribution in [0, 0.1) is 5.82 Å². The Bertz CT molecular complexity index is 760. The smallest absolute Gasteiger partial charge is 0.262 e. The molecule has 0 unspecified atom stereocenters. The zero-order chi connectivity index (χ0) is 18.4. The molecule has 3 rings (SSSR count). The second kappa shape index (κ2) is 8.56. The molecular formula is C20H23FN2O3. The van der Waals surface area contributed by atoms with E-state index in [0.29, 0.717) is 17.2 Å². The molecule has 0 aliphatic carbocycles. The Labute approximate surface area is 152 Å². The van der Waals surface area contributed by atoms with Crippen LogP contribution in [0.1, 0.15) is 19.3 Å². The standard InChI is InChI=1S/C20H23FN2O3/c1-25-18-7-3-4-8-19(18)26-14-20(24)22-16-13-15(21)9-10-17(16)23-11-5-2-6-12-23/h3-4,7-10,13H,2,5-6,11-12,14H2,1H3,(H,22,24). The molecule has 1 saturated heterocycles. The average Bonchev–Trinajstić information content (AvgIpc) is 2.67. The van der Waals surface area contributed by atoms with Gasteiger partial charge >= 0.3 is 0 Å². The molecule has 0 spiro atoms. The summed E-state index contributed by atoms with van der Waals surface area (Å²) in [4.78, 5) is 14.5. The van der Waals surface area contributed by atoms with E-state index < -0.39 is 0 Å². The van der Waals surface area contributed by atoms with E-state index in [1.54, 1.807) is 31.4 Å². The van der Waals surface area contributed by atoms with E-state index in [1.807, 2.05) is 6.07 Å². The van der Waals surface area contributed by atoms with Crippen molar-refractivity contribution in [1.82, 2.24) is 0 Å². The zero-order valence-corrected chi connectivity index (χ0v) is 14.8. The summed E-state index contributed by atoms with van der Waals surface area (Å²) >= 11 is 0. The lowest BCUT2D eigenvalue weighted by molar-refractivity contribution is -0.118. The molecule has 1 N–H and O–H groups in total. The lowest BCUT2D eigenvalue weighted by Crippen LogP contribution is -2.31. The molecule has 0 radical (unpaired) electrons. The summed E-state index contributed by atoms with van der Waals surface area (Å²) in [6.45, 7) is 1.63. The van der Waals surface area contributed by atoms with Crippen molar-refractivity contribution in [2.45, 2.75) is 19.3 Å². The van der Waals surface area contributed by atoms with E-state index in [9.17, 15) is 9.18 Å². The van der Waals surface area contributed by atoms with E-state index in [4.69, 9.17) is 9.47 Å². The summed E-state index contributed by atoms with van der Waals surface area (Å²) in [6, 6.07) is 11.6. The first-order chi connectivity index (χ1) is 12.7. The van der Waals surface area contributed by atoms with Gasteiger partial charge in [-0.05, 0) is 49.6 Å². The van der Waals surface area contributed by atoms with Gasteiger partial charge in [0.1, 0.15) is 5.82 Å². The molecule has 0 atom stereocenters. The summed E-state index contributed by atoms with van der Waals surface area (Å²) in [5.74, 6) is 0.312. The van der Waals surface area contributed by atoms with E-state index in [-0.39, 0.29) is 18.3 Å². The minimum Gasteiger partial charge on any atom is -0.493 e. The molecule has 0 bridgehead atoms. The van der Waals surface area contributed by atoms with E-state index in [2.05, 4.69) is 10.2 Å². The highest BCUT2D eigenvalue weighted by Gasteiger charge is 2.17. The minimum absolute atomic E-state index is 0.184. The van der Waals surface area contributed by atoms with Crippen LogP contribution in [0.3, 0.4) is 0 Å². The van der Waals surface area contributed by atoms with Crippen molar-refractivity contribution < 1.29 is 18.7 Å². The van der Waals surface area contributed by atoms with Gasteiger partial charge in [-0.15, -0.1) is 0 Å². The number of hydrogen-bond donors (Lipinski definition) is 1. The number of anilines is 2. The van der Waals surface area contributed by atoms with Gasteiger partial charge in [0.2, 0.25) is 0 Å². The molecule has 5 nitrogen and oxygen atoms in total. The second-order valence-electron chi connectivity index (χ2n) is 6.20. The van der Waals surface area contributed by atoms with Gasteiger partial charge in [-0.1, -0.05) is 12.1 Å². The topological polar surface area (TPSA) is 50.8 Å². The highest BCUT2D eigenvalue weighted by molar-refractivity contribution is 5.95. The van der Waals surface area contributed by atoms with Gasteiger partial charge in [0.25, 0.3) is 5.91 Å². The Hall–Kier alpha value is -2.76. The van der Waals surface area contributed by atoms with Crippen LogP contribution < -0.4 is 19.7 Å². The van der Waals surface area contributed by atoms with Crippen LogP contribution >= 0.6 is 0 Å². The third-order valence-corrected chi connectivity index (χ3v) is 4.36. The van der Waals surface area contributed by atoms with Crippen LogP contribution in [-0.2, 0) is 4.79 Å². The Morgan fingerprint density at radius 2 is 1.85 bits per heavy atom. The Morgan fingerprint density at radius 3 is 2.58 bits per heavy atom. The summed E-state index contributed by atoms with van der Waals surface area (Å²) in [7, 11) is 1.54. The molecule has 1 aliphatic heterocycles. The Morgan fingerprint density at radius 1 is 1.12 bits per heavy atom. The predicted octanol–water partition coefficient (Wildman–Crippen LogP) is 3.84. The van der Waals surface area contributed by atoms with Crippen LogP contribution in [0.25, 0.3) is 0 Å². The average molecular weight is 358 g/mol. The number of carbonyl (C=O) groups excluding carboxylic acids is 1. The second-order valence-corrected chi connectivity index (χ2v) is 6.20. The number of para-hydroxylation sites is 2. The number of rotatable bonds is 6. The van der Waals surface area contributed by atoms with E-state index >= 15 is 0 Å². The van der Waals surface area contributed by atoms with Gasteiger partial charge in [-0.3, -0.25) is 4.79 Å². The largest absolute Gasteiger partial charge is 0.493 e. The molecule has 2 aromatic carbocycles. The van der Waals surface area contributed by atoms with Crippen LogP contribution in [0.15, 0.2) is 42.5 Å². The highest BCUT2D eigenvalue weighted by Crippen LogP contribution is 2.30. The fourth-order valence-corrected chi connectivity index (χ4v) is 3.09. The Balaban J connectivity index is 1.67. The maximum absolute atomic E-state index is 13.7. The molecule has 0 aromatic heterocycles. The highest BCUT2D eigenvalue weighted by atomic mass is 19.1. The predicted molar refractivity (Wildman–Crippen MR) is 99.6 cm³/mol. The van der Waals surface area contributed by atoms with Gasteiger partial charge < -0.3 is 19.7 Å². The first-order valence-corrected chi connectivity index (χ1v) is 8.77. The maximum atomic E-state index is 13.7. The first kappa shape index (κ1) is 18.0. The number of hydrogen-bond acceptors (Lipinski definition) is 4. The van der Waals surface area contributed by atoms with Crippen molar-refractivity contribution in [3.05, 3.63) is 48.3 Å². The summed E-state index contributed by atoms with van der Waals surface area (Å²) < 4.78 is 24.4. The zero-order valence-electron chi connectivity index (χ0n) is 14.8. The van der Waals surface area contributed by atoms with Gasteiger partial charge in [-0.25, -0.2) is 4.39 Å². The SMILES string of the molecule is COc1ccccc1OCC(=O)Nc1cc(F)ccc1N1CCCCC1. The molecule has 1 aliphatic rings. The number of carbonyl (C=O) groups is 1. The fourth-order valence-electron chi connectivity index (χ4n) is 3.09. The van der Waals surface area contributed by atoms with Gasteiger partial charge in [0, 0.05) is 13.1 Å². The van der Waals surface area contributed by atoms with Gasteiger partial charge in [0.05, 0.1) is 18.5 Å². The lowest BCUT2D eigenvalue weighted by Gasteiger charge is -2.30. The Kier molecular flexibility index (Phi) is 5.94. The summed E-state index contributed by atoms with van der Waals surface area (Å²) in [5.41, 5.74) is 1.32. The molecular weight excluding hydrogens is 335 g/mol. The molecule has 6 heteroatoms. The molecule has 26 heavy (non-hydrogen) atoms. The van der Waals surface area contributed by atoms with Gasteiger partial charge in [0.15, 0.2) is 18.1 Å². The van der Waals surface area contributed by atoms with Crippen molar-refractivity contribution in [2.75, 3.05) is 37.0 Å². The van der Waals surface area contributed by atoms with E-state index in [1.165, 1.54) is 18.6 Å². The summed E-state index contributed by atoms with van der Waals surface area (Å²) in [5, 5.41) is 2.77. The monoisotopic (exact) mass is 358 g/mol. The van der Waals surface area contributed by atoms with Crippen molar-refractivity contribution in [2.24, 2.45) is 0 Å². The number of benzene rings is 2. The lowest BCUT2D eigenvalue weighted by atomic mass is 10.1. The van der Waals surface area contributed by atoms with Crippen LogP contribution in [0.4, 0.5) is 15.8 Å².